The van der Waals surface area contributed by atoms with Gasteiger partial charge < -0.3 is 5.32 Å². The van der Waals surface area contributed by atoms with Crippen molar-refractivity contribution >= 4 is 27.5 Å². The maximum atomic E-state index is 13.3. The van der Waals surface area contributed by atoms with Crippen LogP contribution in [0.5, 0.6) is 0 Å². The molecule has 0 spiro atoms. The van der Waals surface area contributed by atoms with E-state index in [-0.39, 0.29) is 24.1 Å². The van der Waals surface area contributed by atoms with Crippen molar-refractivity contribution in [3.05, 3.63) is 87.8 Å². The summed E-state index contributed by atoms with van der Waals surface area (Å²) in [6.07, 6.45) is 3.26. The number of carbonyl (C=O) groups excluding carboxylic acids is 1. The van der Waals surface area contributed by atoms with Crippen molar-refractivity contribution in [2.45, 2.75) is 39.3 Å². The number of carbonyl (C=O) groups is 1. The Kier molecular flexibility index (Phi) is 6.28. The summed E-state index contributed by atoms with van der Waals surface area (Å²) in [5, 5.41) is 3.67. The molecule has 1 N–H and O–H groups in total. The standard InChI is InChI=1S/C25H25N3O2S/c1-3-10-20(18-11-6-4-7-12-18)27-21(29)15-28-16-26-24-23(25(28)30)22(17(2)31-24)19-13-8-5-9-14-19/h4-9,11-14,16,20H,3,10,15H2,1-2H3,(H,27,29). The molecule has 158 valence electrons. The summed E-state index contributed by atoms with van der Waals surface area (Å²) in [5.41, 5.74) is 2.77. The first-order valence-corrected chi connectivity index (χ1v) is 11.3. The number of benzene rings is 2. The minimum Gasteiger partial charge on any atom is -0.348 e. The van der Waals surface area contributed by atoms with E-state index in [0.29, 0.717) is 10.2 Å². The van der Waals surface area contributed by atoms with E-state index in [2.05, 4.69) is 17.2 Å². The van der Waals surface area contributed by atoms with Crippen LogP contribution in [0.1, 0.15) is 36.2 Å². The van der Waals surface area contributed by atoms with Crippen LogP contribution >= 0.6 is 11.3 Å². The first kappa shape index (κ1) is 21.0. The summed E-state index contributed by atoms with van der Waals surface area (Å²) in [6.45, 7) is 4.03. The first-order valence-electron chi connectivity index (χ1n) is 10.5. The summed E-state index contributed by atoms with van der Waals surface area (Å²) in [4.78, 5) is 32.3. The third kappa shape index (κ3) is 4.44. The minimum absolute atomic E-state index is 0.0576. The number of aryl methyl sites for hydroxylation is 1. The SMILES string of the molecule is CCCC(NC(=O)Cn1cnc2sc(C)c(-c3ccccc3)c2c1=O)c1ccccc1. The van der Waals surface area contributed by atoms with E-state index < -0.39 is 0 Å². The summed E-state index contributed by atoms with van der Waals surface area (Å²) in [7, 11) is 0. The van der Waals surface area contributed by atoms with E-state index in [1.807, 2.05) is 67.6 Å². The van der Waals surface area contributed by atoms with Gasteiger partial charge in [0.2, 0.25) is 5.91 Å². The van der Waals surface area contributed by atoms with E-state index in [4.69, 9.17) is 0 Å². The zero-order chi connectivity index (χ0) is 21.8. The number of nitrogens with zero attached hydrogens (tertiary/aromatic N) is 2. The molecule has 0 aliphatic carbocycles. The van der Waals surface area contributed by atoms with Crippen molar-refractivity contribution in [1.82, 2.24) is 14.9 Å². The molecule has 0 bridgehead atoms. The Morgan fingerprint density at radius 1 is 1.10 bits per heavy atom. The number of rotatable bonds is 7. The average molecular weight is 432 g/mol. The van der Waals surface area contributed by atoms with E-state index in [1.54, 1.807) is 0 Å². The zero-order valence-electron chi connectivity index (χ0n) is 17.7. The lowest BCUT2D eigenvalue weighted by atomic mass is 10.0. The van der Waals surface area contributed by atoms with E-state index in [9.17, 15) is 9.59 Å². The second kappa shape index (κ2) is 9.27. The van der Waals surface area contributed by atoms with Gasteiger partial charge in [-0.2, -0.15) is 0 Å². The van der Waals surface area contributed by atoms with E-state index in [0.717, 1.165) is 34.4 Å². The van der Waals surface area contributed by atoms with Gasteiger partial charge in [0.15, 0.2) is 0 Å². The molecule has 0 fully saturated rings. The van der Waals surface area contributed by atoms with Crippen molar-refractivity contribution in [3.63, 3.8) is 0 Å². The zero-order valence-corrected chi connectivity index (χ0v) is 18.5. The van der Waals surface area contributed by atoms with Gasteiger partial charge in [-0.1, -0.05) is 74.0 Å². The smallest absolute Gasteiger partial charge is 0.263 e. The largest absolute Gasteiger partial charge is 0.348 e. The molecule has 2 aromatic carbocycles. The average Bonchev–Trinajstić information content (AvgIpc) is 3.13. The molecule has 1 atom stereocenters. The minimum atomic E-state index is -0.196. The van der Waals surface area contributed by atoms with Crippen LogP contribution in [0.2, 0.25) is 0 Å². The summed E-state index contributed by atoms with van der Waals surface area (Å²) < 4.78 is 1.41. The Balaban J connectivity index is 1.64. The highest BCUT2D eigenvalue weighted by atomic mass is 32.1. The molecule has 0 saturated carbocycles. The van der Waals surface area contributed by atoms with Gasteiger partial charge in [0.25, 0.3) is 5.56 Å². The molecular formula is C25H25N3O2S. The van der Waals surface area contributed by atoms with Crippen LogP contribution < -0.4 is 10.9 Å². The molecule has 1 unspecified atom stereocenters. The number of hydrogen-bond donors (Lipinski definition) is 1. The third-order valence-electron chi connectivity index (χ3n) is 5.35. The Bertz CT molecular complexity index is 1250. The molecule has 2 aromatic heterocycles. The second-order valence-corrected chi connectivity index (χ2v) is 8.78. The van der Waals surface area contributed by atoms with Gasteiger partial charge in [-0.15, -0.1) is 11.3 Å². The molecule has 4 aromatic rings. The fourth-order valence-electron chi connectivity index (χ4n) is 3.89. The maximum absolute atomic E-state index is 13.3. The maximum Gasteiger partial charge on any atom is 0.263 e. The Labute approximate surface area is 185 Å². The molecule has 0 aliphatic rings. The van der Waals surface area contributed by atoms with Gasteiger partial charge in [-0.05, 0) is 24.5 Å². The van der Waals surface area contributed by atoms with Crippen molar-refractivity contribution in [1.29, 1.82) is 0 Å². The Hall–Kier alpha value is -3.25. The number of aromatic nitrogens is 2. The molecular weight excluding hydrogens is 406 g/mol. The Morgan fingerprint density at radius 3 is 2.45 bits per heavy atom. The molecule has 6 heteroatoms. The van der Waals surface area contributed by atoms with Crippen LogP contribution in [-0.2, 0) is 11.3 Å². The van der Waals surface area contributed by atoms with Gasteiger partial charge in [0, 0.05) is 10.4 Å². The molecule has 2 heterocycles. The predicted molar refractivity (Wildman–Crippen MR) is 126 cm³/mol. The van der Waals surface area contributed by atoms with Crippen molar-refractivity contribution in [3.8, 4) is 11.1 Å². The first-order chi connectivity index (χ1) is 15.1. The van der Waals surface area contributed by atoms with Crippen molar-refractivity contribution < 1.29 is 4.79 Å². The van der Waals surface area contributed by atoms with E-state index >= 15 is 0 Å². The van der Waals surface area contributed by atoms with Crippen molar-refractivity contribution in [2.24, 2.45) is 0 Å². The highest BCUT2D eigenvalue weighted by Gasteiger charge is 2.19. The molecule has 31 heavy (non-hydrogen) atoms. The van der Waals surface area contributed by atoms with Crippen LogP contribution in [0.3, 0.4) is 0 Å². The van der Waals surface area contributed by atoms with Gasteiger partial charge in [-0.3, -0.25) is 14.2 Å². The summed E-state index contributed by atoms with van der Waals surface area (Å²) >= 11 is 1.50. The van der Waals surface area contributed by atoms with Crippen LogP contribution in [0, 0.1) is 6.92 Å². The molecule has 1 amide bonds. The summed E-state index contributed by atoms with van der Waals surface area (Å²) in [5.74, 6) is -0.196. The quantitative estimate of drug-likeness (QED) is 0.443. The van der Waals surface area contributed by atoms with Gasteiger partial charge in [0.1, 0.15) is 11.4 Å². The van der Waals surface area contributed by atoms with Crippen LogP contribution in [0.4, 0.5) is 0 Å². The monoisotopic (exact) mass is 431 g/mol. The number of fused-ring (bicyclic) bond motifs is 1. The third-order valence-corrected chi connectivity index (χ3v) is 6.36. The second-order valence-electron chi connectivity index (χ2n) is 7.58. The topological polar surface area (TPSA) is 64.0 Å². The normalized spacial score (nSPS) is 12.1. The lowest BCUT2D eigenvalue weighted by Gasteiger charge is -2.19. The molecule has 4 rings (SSSR count). The van der Waals surface area contributed by atoms with E-state index in [1.165, 1.54) is 22.2 Å². The fraction of sp³-hybridized carbons (Fsp3) is 0.240. The molecule has 5 nitrogen and oxygen atoms in total. The lowest BCUT2D eigenvalue weighted by molar-refractivity contribution is -0.122. The summed E-state index contributed by atoms with van der Waals surface area (Å²) in [6, 6.07) is 19.7. The molecule has 0 radical (unpaired) electrons. The number of thiophene rings is 1. The van der Waals surface area contributed by atoms with Gasteiger partial charge in [0.05, 0.1) is 17.8 Å². The molecule has 0 saturated heterocycles. The van der Waals surface area contributed by atoms with Crippen LogP contribution in [0.15, 0.2) is 71.8 Å². The Morgan fingerprint density at radius 2 is 1.77 bits per heavy atom. The fourth-order valence-corrected chi connectivity index (χ4v) is 4.90. The predicted octanol–water partition coefficient (Wildman–Crippen LogP) is 5.09. The van der Waals surface area contributed by atoms with Crippen molar-refractivity contribution in [2.75, 3.05) is 0 Å². The lowest BCUT2D eigenvalue weighted by Crippen LogP contribution is -2.34. The van der Waals surface area contributed by atoms with Gasteiger partial charge >= 0.3 is 0 Å². The van der Waals surface area contributed by atoms with Gasteiger partial charge in [-0.25, -0.2) is 4.98 Å². The van der Waals surface area contributed by atoms with Crippen LogP contribution in [-0.4, -0.2) is 15.5 Å². The number of hydrogen-bond acceptors (Lipinski definition) is 4. The highest BCUT2D eigenvalue weighted by molar-refractivity contribution is 7.19. The number of amides is 1. The number of nitrogens with one attached hydrogen (secondary N) is 1. The highest BCUT2D eigenvalue weighted by Crippen LogP contribution is 2.35. The molecule has 0 aliphatic heterocycles. The van der Waals surface area contributed by atoms with Crippen LogP contribution in [0.25, 0.3) is 21.3 Å².